The van der Waals surface area contributed by atoms with Gasteiger partial charge in [0.15, 0.2) is 0 Å². The average Bonchev–Trinajstić information content (AvgIpc) is 2.55. The minimum atomic E-state index is -3.73. The minimum absolute atomic E-state index is 0.252. The molecule has 6 nitrogen and oxygen atoms in total. The lowest BCUT2D eigenvalue weighted by molar-refractivity contribution is -0.116. The quantitative estimate of drug-likeness (QED) is 0.801. The SMILES string of the molecule is CCOc1ccc(N([C@@H](C)C(=O)Nc2cccc(F)c2)S(C)(=O)=O)cc1. The lowest BCUT2D eigenvalue weighted by Crippen LogP contribution is -2.45. The van der Waals surface area contributed by atoms with E-state index in [0.29, 0.717) is 18.0 Å². The van der Waals surface area contributed by atoms with E-state index in [4.69, 9.17) is 4.74 Å². The molecule has 26 heavy (non-hydrogen) atoms. The molecule has 2 aromatic carbocycles. The first-order valence-electron chi connectivity index (χ1n) is 8.01. The molecular formula is C18H21FN2O4S. The van der Waals surface area contributed by atoms with Gasteiger partial charge >= 0.3 is 0 Å². The molecule has 0 aliphatic rings. The Bertz CT molecular complexity index is 869. The number of amides is 1. The minimum Gasteiger partial charge on any atom is -0.494 e. The maximum Gasteiger partial charge on any atom is 0.247 e. The molecule has 0 fully saturated rings. The summed E-state index contributed by atoms with van der Waals surface area (Å²) in [5.74, 6) is -0.474. The van der Waals surface area contributed by atoms with Crippen LogP contribution < -0.4 is 14.4 Å². The number of nitrogens with one attached hydrogen (secondary N) is 1. The van der Waals surface area contributed by atoms with Gasteiger partial charge < -0.3 is 10.1 Å². The Morgan fingerprint density at radius 3 is 2.42 bits per heavy atom. The molecule has 0 saturated carbocycles. The van der Waals surface area contributed by atoms with Gasteiger partial charge in [-0.15, -0.1) is 0 Å². The van der Waals surface area contributed by atoms with Crippen molar-refractivity contribution < 1.29 is 22.3 Å². The number of carbonyl (C=O) groups is 1. The van der Waals surface area contributed by atoms with Crippen molar-refractivity contribution in [3.8, 4) is 5.75 Å². The molecule has 2 aromatic rings. The molecule has 0 spiro atoms. The van der Waals surface area contributed by atoms with Crippen LogP contribution in [0.25, 0.3) is 0 Å². The summed E-state index contributed by atoms with van der Waals surface area (Å²) in [5.41, 5.74) is 0.583. The highest BCUT2D eigenvalue weighted by atomic mass is 32.2. The number of rotatable bonds is 7. The number of nitrogens with zero attached hydrogens (tertiary/aromatic N) is 1. The third kappa shape index (κ3) is 4.95. The third-order valence-corrected chi connectivity index (χ3v) is 4.82. The largest absolute Gasteiger partial charge is 0.494 e. The second kappa shape index (κ2) is 8.18. The number of hydrogen-bond acceptors (Lipinski definition) is 4. The summed E-state index contributed by atoms with van der Waals surface area (Å²) < 4.78 is 44.1. The molecule has 2 rings (SSSR count). The first-order chi connectivity index (χ1) is 12.2. The Hall–Kier alpha value is -2.61. The lowest BCUT2D eigenvalue weighted by Gasteiger charge is -2.28. The molecule has 1 amide bonds. The first kappa shape index (κ1) is 19.7. The van der Waals surface area contributed by atoms with Gasteiger partial charge in [0.2, 0.25) is 15.9 Å². The molecule has 8 heteroatoms. The van der Waals surface area contributed by atoms with E-state index >= 15 is 0 Å². The van der Waals surface area contributed by atoms with Crippen LogP contribution in [0.15, 0.2) is 48.5 Å². The molecule has 0 aromatic heterocycles. The van der Waals surface area contributed by atoms with Gasteiger partial charge in [0, 0.05) is 5.69 Å². The molecule has 0 radical (unpaired) electrons. The van der Waals surface area contributed by atoms with E-state index in [1.165, 1.54) is 25.1 Å². The zero-order valence-corrected chi connectivity index (χ0v) is 15.6. The molecule has 0 aliphatic heterocycles. The Morgan fingerprint density at radius 1 is 1.23 bits per heavy atom. The van der Waals surface area contributed by atoms with Gasteiger partial charge in [0.05, 0.1) is 18.6 Å². The van der Waals surface area contributed by atoms with E-state index in [1.54, 1.807) is 24.3 Å². The Labute approximate surface area is 152 Å². The molecule has 0 bridgehead atoms. The van der Waals surface area contributed by atoms with Crippen LogP contribution in [0.3, 0.4) is 0 Å². The monoisotopic (exact) mass is 380 g/mol. The summed E-state index contributed by atoms with van der Waals surface area (Å²) in [6.07, 6.45) is 1.02. The fourth-order valence-electron chi connectivity index (χ4n) is 2.48. The average molecular weight is 380 g/mol. The van der Waals surface area contributed by atoms with E-state index in [0.717, 1.165) is 16.6 Å². The van der Waals surface area contributed by atoms with Crippen molar-refractivity contribution in [2.24, 2.45) is 0 Å². The van der Waals surface area contributed by atoms with Crippen LogP contribution in [-0.4, -0.2) is 33.2 Å². The number of anilines is 2. The van der Waals surface area contributed by atoms with Crippen LogP contribution in [0, 0.1) is 5.82 Å². The van der Waals surface area contributed by atoms with Crippen molar-refractivity contribution >= 4 is 27.3 Å². The van der Waals surface area contributed by atoms with E-state index in [1.807, 2.05) is 6.92 Å². The van der Waals surface area contributed by atoms with Crippen LogP contribution in [0.1, 0.15) is 13.8 Å². The first-order valence-corrected chi connectivity index (χ1v) is 9.86. The molecular weight excluding hydrogens is 359 g/mol. The second-order valence-electron chi connectivity index (χ2n) is 5.66. The van der Waals surface area contributed by atoms with E-state index in [9.17, 15) is 17.6 Å². The highest BCUT2D eigenvalue weighted by Crippen LogP contribution is 2.24. The lowest BCUT2D eigenvalue weighted by atomic mass is 10.2. The predicted octanol–water partition coefficient (Wildman–Crippen LogP) is 3.02. The maximum absolute atomic E-state index is 13.3. The van der Waals surface area contributed by atoms with Gasteiger partial charge in [-0.3, -0.25) is 9.10 Å². The molecule has 0 unspecified atom stereocenters. The highest BCUT2D eigenvalue weighted by molar-refractivity contribution is 7.92. The number of carbonyl (C=O) groups excluding carboxylic acids is 1. The van der Waals surface area contributed by atoms with Gasteiger partial charge in [-0.25, -0.2) is 12.8 Å². The fourth-order valence-corrected chi connectivity index (χ4v) is 3.65. The van der Waals surface area contributed by atoms with Gasteiger partial charge in [0.25, 0.3) is 0 Å². The topological polar surface area (TPSA) is 75.7 Å². The molecule has 140 valence electrons. The van der Waals surface area contributed by atoms with E-state index in [2.05, 4.69) is 5.32 Å². The summed E-state index contributed by atoms with van der Waals surface area (Å²) in [7, 11) is -3.73. The van der Waals surface area contributed by atoms with E-state index in [-0.39, 0.29) is 5.69 Å². The van der Waals surface area contributed by atoms with Crippen molar-refractivity contribution in [3.05, 3.63) is 54.3 Å². The summed E-state index contributed by atoms with van der Waals surface area (Å²) in [6, 6.07) is 10.8. The van der Waals surface area contributed by atoms with Crippen LogP contribution >= 0.6 is 0 Å². The normalized spacial score (nSPS) is 12.3. The summed E-state index contributed by atoms with van der Waals surface area (Å²) in [6.45, 7) is 3.79. The molecule has 0 heterocycles. The number of halogens is 1. The number of ether oxygens (including phenoxy) is 1. The standard InChI is InChI=1S/C18H21FN2O4S/c1-4-25-17-10-8-16(9-11-17)21(26(3,23)24)13(2)18(22)20-15-7-5-6-14(19)12-15/h5-13H,4H2,1-3H3,(H,20,22)/t13-/m0/s1. The fraction of sp³-hybridized carbons (Fsp3) is 0.278. The van der Waals surface area contributed by atoms with Crippen molar-refractivity contribution in [2.45, 2.75) is 19.9 Å². The Kier molecular flexibility index (Phi) is 6.20. The van der Waals surface area contributed by atoms with Crippen molar-refractivity contribution in [1.29, 1.82) is 0 Å². The van der Waals surface area contributed by atoms with Gasteiger partial charge in [-0.2, -0.15) is 0 Å². The molecule has 0 saturated heterocycles. The summed E-state index contributed by atoms with van der Waals surface area (Å²) >= 11 is 0. The molecule has 1 atom stereocenters. The Morgan fingerprint density at radius 2 is 1.88 bits per heavy atom. The highest BCUT2D eigenvalue weighted by Gasteiger charge is 2.29. The molecule has 1 N–H and O–H groups in total. The summed E-state index contributed by atoms with van der Waals surface area (Å²) in [4.78, 5) is 12.5. The van der Waals surface area contributed by atoms with Gasteiger partial charge in [-0.1, -0.05) is 6.07 Å². The smallest absolute Gasteiger partial charge is 0.247 e. The third-order valence-electron chi connectivity index (χ3n) is 3.58. The number of sulfonamides is 1. The predicted molar refractivity (Wildman–Crippen MR) is 99.4 cm³/mol. The second-order valence-corrected chi connectivity index (χ2v) is 7.52. The van der Waals surface area contributed by atoms with E-state index < -0.39 is 27.8 Å². The van der Waals surface area contributed by atoms with Gasteiger partial charge in [0.1, 0.15) is 17.6 Å². The van der Waals surface area contributed by atoms with Gasteiger partial charge in [-0.05, 0) is 56.3 Å². The zero-order chi connectivity index (χ0) is 19.3. The van der Waals surface area contributed by atoms with Crippen LogP contribution in [0.2, 0.25) is 0 Å². The van der Waals surface area contributed by atoms with Crippen LogP contribution in [-0.2, 0) is 14.8 Å². The Balaban J connectivity index is 2.27. The maximum atomic E-state index is 13.3. The van der Waals surface area contributed by atoms with Crippen molar-refractivity contribution in [2.75, 3.05) is 22.5 Å². The number of hydrogen-bond donors (Lipinski definition) is 1. The zero-order valence-electron chi connectivity index (χ0n) is 14.8. The van der Waals surface area contributed by atoms with Crippen LogP contribution in [0.5, 0.6) is 5.75 Å². The van der Waals surface area contributed by atoms with Crippen LogP contribution in [0.4, 0.5) is 15.8 Å². The van der Waals surface area contributed by atoms with Crippen molar-refractivity contribution in [1.82, 2.24) is 0 Å². The molecule has 0 aliphatic carbocycles. The van der Waals surface area contributed by atoms with Crippen molar-refractivity contribution in [3.63, 3.8) is 0 Å². The summed E-state index contributed by atoms with van der Waals surface area (Å²) in [5, 5.41) is 2.53. The number of benzene rings is 2.